The van der Waals surface area contributed by atoms with Gasteiger partial charge in [-0.25, -0.2) is 0 Å². The summed E-state index contributed by atoms with van der Waals surface area (Å²) in [4.78, 5) is 5.65. The molecule has 3 rings (SSSR count). The van der Waals surface area contributed by atoms with Gasteiger partial charge >= 0.3 is 0 Å². The molecular weight excluding hydrogens is 294 g/mol. The molecule has 1 unspecified atom stereocenters. The van der Waals surface area contributed by atoms with E-state index in [0.29, 0.717) is 11.7 Å². The number of benzene rings is 1. The standard InChI is InChI=1S/C14H16ClN3OS/c15-11-3-5-12(6-4-11)20-9-13-17-14(19-18-13)10-2-1-7-16-8-10/h3-6,10,16H,1-2,7-9H2. The Bertz CT molecular complexity index is 552. The van der Waals surface area contributed by atoms with Crippen molar-refractivity contribution >= 4 is 23.4 Å². The minimum atomic E-state index is 0.366. The van der Waals surface area contributed by atoms with E-state index >= 15 is 0 Å². The molecule has 1 aliphatic heterocycles. The fraction of sp³-hybridized carbons (Fsp3) is 0.429. The highest BCUT2D eigenvalue weighted by Gasteiger charge is 2.21. The lowest BCUT2D eigenvalue weighted by molar-refractivity contribution is 0.320. The lowest BCUT2D eigenvalue weighted by atomic mass is 10.00. The Morgan fingerprint density at radius 1 is 1.35 bits per heavy atom. The van der Waals surface area contributed by atoms with Gasteiger partial charge in [-0.15, -0.1) is 11.8 Å². The Labute approximate surface area is 127 Å². The Balaban J connectivity index is 1.58. The van der Waals surface area contributed by atoms with Crippen molar-refractivity contribution in [3.63, 3.8) is 0 Å². The minimum absolute atomic E-state index is 0.366. The van der Waals surface area contributed by atoms with Crippen LogP contribution in [0.15, 0.2) is 33.7 Å². The molecule has 0 saturated carbocycles. The van der Waals surface area contributed by atoms with E-state index < -0.39 is 0 Å². The highest BCUT2D eigenvalue weighted by molar-refractivity contribution is 7.98. The van der Waals surface area contributed by atoms with Crippen molar-refractivity contribution in [3.05, 3.63) is 41.0 Å². The zero-order valence-corrected chi connectivity index (χ0v) is 12.6. The highest BCUT2D eigenvalue weighted by atomic mass is 35.5. The monoisotopic (exact) mass is 309 g/mol. The molecule has 20 heavy (non-hydrogen) atoms. The SMILES string of the molecule is Clc1ccc(SCc2noc(C3CCCNC3)n2)cc1. The summed E-state index contributed by atoms with van der Waals surface area (Å²) in [6.07, 6.45) is 2.29. The predicted octanol–water partition coefficient (Wildman–Crippen LogP) is 3.48. The van der Waals surface area contributed by atoms with Crippen LogP contribution in [-0.2, 0) is 5.75 Å². The molecule has 1 atom stereocenters. The Morgan fingerprint density at radius 2 is 2.20 bits per heavy atom. The number of halogens is 1. The van der Waals surface area contributed by atoms with Gasteiger partial charge in [-0.05, 0) is 43.7 Å². The highest BCUT2D eigenvalue weighted by Crippen LogP contribution is 2.25. The molecule has 106 valence electrons. The van der Waals surface area contributed by atoms with Crippen LogP contribution in [0.4, 0.5) is 0 Å². The first-order valence-corrected chi connectivity index (χ1v) is 8.09. The quantitative estimate of drug-likeness (QED) is 0.876. The molecule has 0 amide bonds. The lowest BCUT2D eigenvalue weighted by Crippen LogP contribution is -2.28. The van der Waals surface area contributed by atoms with Crippen LogP contribution in [-0.4, -0.2) is 23.2 Å². The number of piperidine rings is 1. The summed E-state index contributed by atoms with van der Waals surface area (Å²) in [5, 5.41) is 8.17. The van der Waals surface area contributed by atoms with E-state index in [-0.39, 0.29) is 0 Å². The summed E-state index contributed by atoms with van der Waals surface area (Å²) in [6.45, 7) is 2.02. The second-order valence-electron chi connectivity index (χ2n) is 4.83. The predicted molar refractivity (Wildman–Crippen MR) is 80.2 cm³/mol. The first-order chi connectivity index (χ1) is 9.81. The number of aromatic nitrogens is 2. The van der Waals surface area contributed by atoms with Crippen LogP contribution >= 0.6 is 23.4 Å². The van der Waals surface area contributed by atoms with Gasteiger partial charge in [0.15, 0.2) is 5.82 Å². The average Bonchev–Trinajstić information content (AvgIpc) is 2.97. The smallest absolute Gasteiger partial charge is 0.231 e. The molecule has 2 heterocycles. The maximum absolute atomic E-state index is 5.86. The number of nitrogens with zero attached hydrogens (tertiary/aromatic N) is 2. The van der Waals surface area contributed by atoms with Crippen molar-refractivity contribution in [1.29, 1.82) is 0 Å². The molecule has 1 fully saturated rings. The first-order valence-electron chi connectivity index (χ1n) is 6.73. The Morgan fingerprint density at radius 3 is 2.95 bits per heavy atom. The fourth-order valence-corrected chi connectivity index (χ4v) is 3.10. The summed E-state index contributed by atoms with van der Waals surface area (Å²) in [5.41, 5.74) is 0. The van der Waals surface area contributed by atoms with E-state index in [0.717, 1.165) is 41.1 Å². The van der Waals surface area contributed by atoms with Crippen molar-refractivity contribution in [2.45, 2.75) is 29.4 Å². The van der Waals surface area contributed by atoms with Crippen molar-refractivity contribution in [1.82, 2.24) is 15.5 Å². The average molecular weight is 310 g/mol. The van der Waals surface area contributed by atoms with Gasteiger partial charge in [-0.1, -0.05) is 16.8 Å². The van der Waals surface area contributed by atoms with Crippen molar-refractivity contribution in [2.75, 3.05) is 13.1 Å². The number of hydrogen-bond acceptors (Lipinski definition) is 5. The lowest BCUT2D eigenvalue weighted by Gasteiger charge is -2.18. The summed E-state index contributed by atoms with van der Waals surface area (Å²) < 4.78 is 5.38. The van der Waals surface area contributed by atoms with Gasteiger partial charge in [0, 0.05) is 16.5 Å². The van der Waals surface area contributed by atoms with Gasteiger partial charge in [-0.2, -0.15) is 4.98 Å². The number of nitrogens with one attached hydrogen (secondary N) is 1. The summed E-state index contributed by atoms with van der Waals surface area (Å²) in [6, 6.07) is 7.77. The normalized spacial score (nSPS) is 19.1. The second-order valence-corrected chi connectivity index (χ2v) is 6.32. The molecule has 1 aromatic heterocycles. The zero-order valence-electron chi connectivity index (χ0n) is 11.0. The van der Waals surface area contributed by atoms with Crippen LogP contribution in [0, 0.1) is 0 Å². The van der Waals surface area contributed by atoms with Gasteiger partial charge in [0.25, 0.3) is 0 Å². The summed E-state index contributed by atoms with van der Waals surface area (Å²) in [5.74, 6) is 2.60. The summed E-state index contributed by atoms with van der Waals surface area (Å²) >= 11 is 7.55. The number of rotatable bonds is 4. The van der Waals surface area contributed by atoms with Crippen LogP contribution in [0.1, 0.15) is 30.5 Å². The number of thioether (sulfide) groups is 1. The maximum Gasteiger partial charge on any atom is 0.231 e. The molecule has 0 spiro atoms. The second kappa shape index (κ2) is 6.61. The van der Waals surface area contributed by atoms with Crippen molar-refractivity contribution in [3.8, 4) is 0 Å². The molecule has 4 nitrogen and oxygen atoms in total. The van der Waals surface area contributed by atoms with Gasteiger partial charge in [-0.3, -0.25) is 0 Å². The van der Waals surface area contributed by atoms with Gasteiger partial charge < -0.3 is 9.84 Å². The van der Waals surface area contributed by atoms with Crippen LogP contribution < -0.4 is 5.32 Å². The third-order valence-electron chi connectivity index (χ3n) is 3.31. The van der Waals surface area contributed by atoms with Crippen molar-refractivity contribution < 1.29 is 4.52 Å². The van der Waals surface area contributed by atoms with E-state index in [9.17, 15) is 0 Å². The van der Waals surface area contributed by atoms with E-state index in [2.05, 4.69) is 15.5 Å². The van der Waals surface area contributed by atoms with Crippen LogP contribution in [0.2, 0.25) is 5.02 Å². The summed E-state index contributed by atoms with van der Waals surface area (Å²) in [7, 11) is 0. The topological polar surface area (TPSA) is 51.0 Å². The maximum atomic E-state index is 5.86. The van der Waals surface area contributed by atoms with Crippen molar-refractivity contribution in [2.24, 2.45) is 0 Å². The largest absolute Gasteiger partial charge is 0.339 e. The van der Waals surface area contributed by atoms with E-state index in [1.165, 1.54) is 6.42 Å². The van der Waals surface area contributed by atoms with E-state index in [1.54, 1.807) is 11.8 Å². The Hall–Kier alpha value is -1.04. The molecule has 2 aromatic rings. The van der Waals surface area contributed by atoms with Crippen LogP contribution in [0.3, 0.4) is 0 Å². The zero-order chi connectivity index (χ0) is 13.8. The van der Waals surface area contributed by atoms with Crippen LogP contribution in [0.5, 0.6) is 0 Å². The van der Waals surface area contributed by atoms with E-state index in [1.807, 2.05) is 24.3 Å². The molecule has 0 bridgehead atoms. The molecule has 1 N–H and O–H groups in total. The first kappa shape index (κ1) is 13.9. The molecule has 1 aliphatic rings. The third-order valence-corrected chi connectivity index (χ3v) is 4.57. The molecule has 6 heteroatoms. The Kier molecular flexibility index (Phi) is 4.60. The molecule has 0 aliphatic carbocycles. The van der Waals surface area contributed by atoms with Crippen LogP contribution in [0.25, 0.3) is 0 Å². The van der Waals surface area contributed by atoms with E-state index in [4.69, 9.17) is 16.1 Å². The fourth-order valence-electron chi connectivity index (χ4n) is 2.23. The molecular formula is C14H16ClN3OS. The molecule has 1 saturated heterocycles. The third kappa shape index (κ3) is 3.53. The van der Waals surface area contributed by atoms with Gasteiger partial charge in [0.1, 0.15) is 0 Å². The van der Waals surface area contributed by atoms with Gasteiger partial charge in [0.2, 0.25) is 5.89 Å². The van der Waals surface area contributed by atoms with Gasteiger partial charge in [0.05, 0.1) is 11.7 Å². The number of hydrogen-bond donors (Lipinski definition) is 1. The molecule has 1 aromatic carbocycles. The molecule has 0 radical (unpaired) electrons. The minimum Gasteiger partial charge on any atom is -0.339 e.